The van der Waals surface area contributed by atoms with Crippen molar-refractivity contribution in [3.63, 3.8) is 0 Å². The molecule has 1 atom stereocenters. The number of benzene rings is 4. The summed E-state index contributed by atoms with van der Waals surface area (Å²) in [7, 11) is 0. The number of nitrogens with one attached hydrogen (secondary N) is 1. The van der Waals surface area contributed by atoms with Crippen molar-refractivity contribution in [3.05, 3.63) is 126 Å². The number of carbonyl (C=O) groups excluding carboxylic acids is 1. The summed E-state index contributed by atoms with van der Waals surface area (Å²) < 4.78 is 20.3. The third-order valence-electron chi connectivity index (χ3n) is 6.82. The number of ketones is 1. The summed E-state index contributed by atoms with van der Waals surface area (Å²) in [6.45, 7) is 6.10. The van der Waals surface area contributed by atoms with Crippen LogP contribution in [0.3, 0.4) is 0 Å². The van der Waals surface area contributed by atoms with Crippen molar-refractivity contribution in [1.82, 2.24) is 0 Å². The Kier molecular flexibility index (Phi) is 10.7. The molecule has 0 fully saturated rings. The molecule has 4 aromatic carbocycles. The van der Waals surface area contributed by atoms with Gasteiger partial charge in [-0.1, -0.05) is 80.6 Å². The summed E-state index contributed by atoms with van der Waals surface area (Å²) in [4.78, 5) is 27.3. The molecule has 0 radical (unpaired) electrons. The summed E-state index contributed by atoms with van der Waals surface area (Å²) in [5.41, 5.74) is 2.84. The van der Waals surface area contributed by atoms with Crippen molar-refractivity contribution < 1.29 is 23.8 Å². The zero-order valence-corrected chi connectivity index (χ0v) is 24.0. The standard InChI is InChI=1S/C35H37FN2O4/c1-25(2)24-38(33-16-9-7-14-30(33)36)21-10-22-42-28-19-17-26(18-20-28)23-32(35(40)41)37-31-15-8-6-13-29(31)34(39)27-11-4-3-5-12-27/h3-9,11-20,25,32,37H,10,21-24H2,1-2H3,(H,40,41)/t32-/m0/s1. The van der Waals surface area contributed by atoms with Gasteiger partial charge in [0.15, 0.2) is 5.78 Å². The van der Waals surface area contributed by atoms with Crippen LogP contribution in [0.25, 0.3) is 0 Å². The van der Waals surface area contributed by atoms with Gasteiger partial charge < -0.3 is 20.1 Å². The number of rotatable bonds is 15. The molecule has 0 spiro atoms. The van der Waals surface area contributed by atoms with Gasteiger partial charge in [-0.25, -0.2) is 9.18 Å². The number of ether oxygens (including phenoxy) is 1. The van der Waals surface area contributed by atoms with Crippen LogP contribution in [0, 0.1) is 11.7 Å². The number of carbonyl (C=O) groups is 2. The molecule has 4 rings (SSSR count). The first kappa shape index (κ1) is 30.3. The highest BCUT2D eigenvalue weighted by Crippen LogP contribution is 2.23. The van der Waals surface area contributed by atoms with E-state index in [1.165, 1.54) is 6.07 Å². The van der Waals surface area contributed by atoms with Gasteiger partial charge in [0, 0.05) is 36.3 Å². The Morgan fingerprint density at radius 2 is 1.55 bits per heavy atom. The number of para-hydroxylation sites is 2. The molecule has 0 amide bonds. The highest BCUT2D eigenvalue weighted by molar-refractivity contribution is 6.12. The van der Waals surface area contributed by atoms with Gasteiger partial charge in [-0.15, -0.1) is 0 Å². The fourth-order valence-electron chi connectivity index (χ4n) is 4.80. The predicted octanol–water partition coefficient (Wildman–Crippen LogP) is 7.10. The molecular formula is C35H37FN2O4. The molecule has 0 heterocycles. The van der Waals surface area contributed by atoms with Crippen LogP contribution in [0.2, 0.25) is 0 Å². The monoisotopic (exact) mass is 568 g/mol. The number of halogens is 1. The lowest BCUT2D eigenvalue weighted by Crippen LogP contribution is -2.32. The van der Waals surface area contributed by atoms with Crippen LogP contribution in [0.4, 0.5) is 15.8 Å². The first-order valence-electron chi connectivity index (χ1n) is 14.2. The van der Waals surface area contributed by atoms with E-state index in [9.17, 15) is 19.1 Å². The van der Waals surface area contributed by atoms with Gasteiger partial charge in [0.1, 0.15) is 17.6 Å². The first-order valence-corrected chi connectivity index (χ1v) is 14.2. The van der Waals surface area contributed by atoms with Gasteiger partial charge in [-0.3, -0.25) is 4.79 Å². The van der Waals surface area contributed by atoms with Gasteiger partial charge in [0.05, 0.1) is 12.3 Å². The highest BCUT2D eigenvalue weighted by Gasteiger charge is 2.21. The van der Waals surface area contributed by atoms with Crippen molar-refractivity contribution in [2.75, 3.05) is 29.9 Å². The minimum Gasteiger partial charge on any atom is -0.494 e. The Morgan fingerprint density at radius 3 is 2.24 bits per heavy atom. The topological polar surface area (TPSA) is 78.9 Å². The smallest absolute Gasteiger partial charge is 0.326 e. The lowest BCUT2D eigenvalue weighted by atomic mass is 10.00. The predicted molar refractivity (Wildman–Crippen MR) is 165 cm³/mol. The van der Waals surface area contributed by atoms with E-state index in [1.54, 1.807) is 60.7 Å². The molecule has 42 heavy (non-hydrogen) atoms. The van der Waals surface area contributed by atoms with E-state index in [0.717, 1.165) is 18.5 Å². The van der Waals surface area contributed by atoms with Crippen molar-refractivity contribution in [1.29, 1.82) is 0 Å². The molecule has 0 aliphatic heterocycles. The Balaban J connectivity index is 1.34. The fourth-order valence-corrected chi connectivity index (χ4v) is 4.80. The molecular weight excluding hydrogens is 531 g/mol. The number of hydrogen-bond acceptors (Lipinski definition) is 5. The van der Waals surface area contributed by atoms with E-state index in [1.807, 2.05) is 36.4 Å². The Labute approximate surface area is 246 Å². The van der Waals surface area contributed by atoms with Gasteiger partial charge in [-0.2, -0.15) is 0 Å². The lowest BCUT2D eigenvalue weighted by Gasteiger charge is -2.27. The maximum Gasteiger partial charge on any atom is 0.326 e. The second-order valence-electron chi connectivity index (χ2n) is 10.6. The van der Waals surface area contributed by atoms with Crippen molar-refractivity contribution >= 4 is 23.1 Å². The number of hydrogen-bond donors (Lipinski definition) is 2. The summed E-state index contributed by atoms with van der Waals surface area (Å²) >= 11 is 0. The van der Waals surface area contributed by atoms with Gasteiger partial charge in [0.2, 0.25) is 0 Å². The van der Waals surface area contributed by atoms with Gasteiger partial charge >= 0.3 is 5.97 Å². The Bertz CT molecular complexity index is 1460. The molecule has 0 aliphatic rings. The lowest BCUT2D eigenvalue weighted by molar-refractivity contribution is -0.137. The third-order valence-corrected chi connectivity index (χ3v) is 6.82. The first-order chi connectivity index (χ1) is 20.3. The number of carboxylic acid groups (broad SMARTS) is 1. The van der Waals surface area contributed by atoms with Crippen LogP contribution in [0.5, 0.6) is 5.75 Å². The fraction of sp³-hybridized carbons (Fsp3) is 0.257. The number of aliphatic carboxylic acids is 1. The van der Waals surface area contributed by atoms with Crippen LogP contribution in [-0.4, -0.2) is 42.6 Å². The average Bonchev–Trinajstić information content (AvgIpc) is 2.99. The molecule has 2 N–H and O–H groups in total. The minimum atomic E-state index is -1.02. The number of carboxylic acids is 1. The second kappa shape index (κ2) is 14.8. The van der Waals surface area contributed by atoms with Crippen molar-refractivity contribution in [3.8, 4) is 5.75 Å². The molecule has 0 saturated heterocycles. The zero-order valence-electron chi connectivity index (χ0n) is 24.0. The molecule has 0 aromatic heterocycles. The van der Waals surface area contributed by atoms with E-state index in [0.29, 0.717) is 47.3 Å². The molecule has 218 valence electrons. The van der Waals surface area contributed by atoms with E-state index >= 15 is 0 Å². The molecule has 0 saturated carbocycles. The van der Waals surface area contributed by atoms with Crippen LogP contribution in [-0.2, 0) is 11.2 Å². The third kappa shape index (κ3) is 8.43. The molecule has 0 aliphatic carbocycles. The summed E-state index contributed by atoms with van der Waals surface area (Å²) in [5.74, 6) is -0.350. The van der Waals surface area contributed by atoms with Crippen LogP contribution in [0.1, 0.15) is 41.8 Å². The number of nitrogens with zero attached hydrogens (tertiary/aromatic N) is 1. The van der Waals surface area contributed by atoms with Crippen LogP contribution < -0.4 is 15.0 Å². The van der Waals surface area contributed by atoms with Crippen molar-refractivity contribution in [2.24, 2.45) is 5.92 Å². The average molecular weight is 569 g/mol. The second-order valence-corrected chi connectivity index (χ2v) is 10.6. The number of anilines is 2. The normalized spacial score (nSPS) is 11.6. The van der Waals surface area contributed by atoms with Crippen LogP contribution >= 0.6 is 0 Å². The molecule has 6 nitrogen and oxygen atoms in total. The van der Waals surface area contributed by atoms with E-state index in [2.05, 4.69) is 24.1 Å². The SMILES string of the molecule is CC(C)CN(CCCOc1ccc(C[C@H](Nc2ccccc2C(=O)c2ccccc2)C(=O)O)cc1)c1ccccc1F. The molecule has 4 aromatic rings. The van der Waals surface area contributed by atoms with Crippen LogP contribution in [0.15, 0.2) is 103 Å². The van der Waals surface area contributed by atoms with Gasteiger partial charge in [0.25, 0.3) is 0 Å². The van der Waals surface area contributed by atoms with E-state index in [4.69, 9.17) is 4.74 Å². The van der Waals surface area contributed by atoms with Gasteiger partial charge in [-0.05, 0) is 54.3 Å². The van der Waals surface area contributed by atoms with Crippen molar-refractivity contribution in [2.45, 2.75) is 32.7 Å². The largest absolute Gasteiger partial charge is 0.494 e. The Hall–Kier alpha value is -4.65. The molecule has 0 bridgehead atoms. The van der Waals surface area contributed by atoms with E-state index < -0.39 is 12.0 Å². The summed E-state index contributed by atoms with van der Waals surface area (Å²) in [6.07, 6.45) is 0.936. The zero-order chi connectivity index (χ0) is 29.9. The quantitative estimate of drug-likeness (QED) is 0.118. The maximum atomic E-state index is 14.4. The summed E-state index contributed by atoms with van der Waals surface area (Å²) in [6, 6.07) is 29.1. The molecule has 7 heteroatoms. The van der Waals surface area contributed by atoms with E-state index in [-0.39, 0.29) is 18.0 Å². The summed E-state index contributed by atoms with van der Waals surface area (Å²) in [5, 5.41) is 13.0. The molecule has 0 unspecified atom stereocenters. The minimum absolute atomic E-state index is 0.175. The highest BCUT2D eigenvalue weighted by atomic mass is 19.1. The maximum absolute atomic E-state index is 14.4. The Morgan fingerprint density at radius 1 is 0.881 bits per heavy atom.